The average Bonchev–Trinajstić information content (AvgIpc) is 2.26. The van der Waals surface area contributed by atoms with E-state index in [1.54, 1.807) is 19.1 Å². The number of rotatable bonds is 3. The number of aromatic nitrogens is 2. The van der Waals surface area contributed by atoms with E-state index in [0.717, 1.165) is 6.26 Å². The second-order valence-corrected chi connectivity index (χ2v) is 6.32. The summed E-state index contributed by atoms with van der Waals surface area (Å²) in [5.41, 5.74) is 0. The van der Waals surface area contributed by atoms with E-state index in [1.165, 1.54) is 18.2 Å². The Morgan fingerprint density at radius 2 is 1.79 bits per heavy atom. The molecule has 0 saturated carbocycles. The Morgan fingerprint density at radius 1 is 1.16 bits per heavy atom. The first-order chi connectivity index (χ1) is 8.84. The van der Waals surface area contributed by atoms with E-state index >= 15 is 0 Å². The molecule has 7 heteroatoms. The number of halogens is 1. The molecule has 19 heavy (non-hydrogen) atoms. The van der Waals surface area contributed by atoms with Crippen molar-refractivity contribution in [1.82, 2.24) is 9.97 Å². The van der Waals surface area contributed by atoms with Crippen molar-refractivity contribution in [2.75, 3.05) is 6.26 Å². The van der Waals surface area contributed by atoms with Crippen molar-refractivity contribution in [3.63, 3.8) is 0 Å². The second-order valence-electron chi connectivity index (χ2n) is 3.92. The SMILES string of the molecule is Cc1nc(Cl)cc(Oc2ccc(S(C)(=O)=O)cc2)n1. The minimum atomic E-state index is -3.21. The minimum Gasteiger partial charge on any atom is -0.439 e. The largest absolute Gasteiger partial charge is 0.439 e. The van der Waals surface area contributed by atoms with Gasteiger partial charge in [-0.1, -0.05) is 11.6 Å². The lowest BCUT2D eigenvalue weighted by atomic mass is 10.3. The highest BCUT2D eigenvalue weighted by Gasteiger charge is 2.07. The van der Waals surface area contributed by atoms with Crippen LogP contribution in [0.3, 0.4) is 0 Å². The lowest BCUT2D eigenvalue weighted by Crippen LogP contribution is -1.97. The van der Waals surface area contributed by atoms with Gasteiger partial charge in [0.25, 0.3) is 0 Å². The molecule has 0 atom stereocenters. The minimum absolute atomic E-state index is 0.233. The summed E-state index contributed by atoms with van der Waals surface area (Å²) in [6.45, 7) is 1.70. The summed E-state index contributed by atoms with van der Waals surface area (Å²) in [7, 11) is -3.21. The van der Waals surface area contributed by atoms with Gasteiger partial charge < -0.3 is 4.74 Å². The van der Waals surface area contributed by atoms with Gasteiger partial charge in [-0.3, -0.25) is 0 Å². The van der Waals surface area contributed by atoms with Gasteiger partial charge in [-0.05, 0) is 31.2 Å². The summed E-state index contributed by atoms with van der Waals surface area (Å²) in [4.78, 5) is 8.21. The molecule has 0 aliphatic heterocycles. The van der Waals surface area contributed by atoms with Gasteiger partial charge in [-0.25, -0.2) is 13.4 Å². The fourth-order valence-corrected chi connectivity index (χ4v) is 2.28. The summed E-state index contributed by atoms with van der Waals surface area (Å²) in [6, 6.07) is 7.54. The number of hydrogen-bond acceptors (Lipinski definition) is 5. The van der Waals surface area contributed by atoms with E-state index in [0.29, 0.717) is 17.5 Å². The molecule has 2 rings (SSSR count). The van der Waals surface area contributed by atoms with E-state index in [4.69, 9.17) is 16.3 Å². The fourth-order valence-electron chi connectivity index (χ4n) is 1.43. The third-order valence-electron chi connectivity index (χ3n) is 2.26. The van der Waals surface area contributed by atoms with Crippen molar-refractivity contribution in [2.45, 2.75) is 11.8 Å². The Bertz CT molecular complexity index is 679. The van der Waals surface area contributed by atoms with Crippen molar-refractivity contribution in [2.24, 2.45) is 0 Å². The summed E-state index contributed by atoms with van der Waals surface area (Å²) in [5.74, 6) is 1.28. The molecule has 1 aromatic heterocycles. The predicted octanol–water partition coefficient (Wildman–Crippen LogP) is 2.63. The van der Waals surface area contributed by atoms with Crippen LogP contribution in [0.15, 0.2) is 35.2 Å². The maximum Gasteiger partial charge on any atom is 0.224 e. The number of nitrogens with zero attached hydrogens (tertiary/aromatic N) is 2. The topological polar surface area (TPSA) is 69.2 Å². The van der Waals surface area contributed by atoms with Gasteiger partial charge in [-0.2, -0.15) is 4.98 Å². The van der Waals surface area contributed by atoms with Crippen LogP contribution in [-0.2, 0) is 9.84 Å². The Morgan fingerprint density at radius 3 is 2.32 bits per heavy atom. The Hall–Kier alpha value is -1.66. The molecule has 0 saturated heterocycles. The smallest absolute Gasteiger partial charge is 0.224 e. The Kier molecular flexibility index (Phi) is 3.73. The molecule has 0 spiro atoms. The van der Waals surface area contributed by atoms with Gasteiger partial charge in [0.05, 0.1) is 4.90 Å². The van der Waals surface area contributed by atoms with Crippen molar-refractivity contribution >= 4 is 21.4 Å². The van der Waals surface area contributed by atoms with Crippen LogP contribution < -0.4 is 4.74 Å². The van der Waals surface area contributed by atoms with Crippen LogP contribution in [0.1, 0.15) is 5.82 Å². The zero-order valence-electron chi connectivity index (χ0n) is 10.3. The molecular weight excluding hydrogens is 288 g/mol. The summed E-state index contributed by atoms with van der Waals surface area (Å²) >= 11 is 5.79. The zero-order chi connectivity index (χ0) is 14.0. The van der Waals surface area contributed by atoms with Crippen molar-refractivity contribution in [1.29, 1.82) is 0 Å². The lowest BCUT2D eigenvalue weighted by molar-refractivity contribution is 0.459. The van der Waals surface area contributed by atoms with Gasteiger partial charge in [0.2, 0.25) is 5.88 Å². The highest BCUT2D eigenvalue weighted by atomic mass is 35.5. The number of aryl methyl sites for hydroxylation is 1. The van der Waals surface area contributed by atoms with Gasteiger partial charge in [0, 0.05) is 12.3 Å². The number of benzene rings is 1. The van der Waals surface area contributed by atoms with Gasteiger partial charge in [0.1, 0.15) is 16.7 Å². The molecule has 1 aromatic carbocycles. The van der Waals surface area contributed by atoms with Gasteiger partial charge in [0.15, 0.2) is 9.84 Å². The summed E-state index contributed by atoms with van der Waals surface area (Å²) in [5, 5.41) is 0.287. The quantitative estimate of drug-likeness (QED) is 0.815. The predicted molar refractivity (Wildman–Crippen MR) is 71.4 cm³/mol. The van der Waals surface area contributed by atoms with Crippen LogP contribution >= 0.6 is 11.6 Å². The number of sulfone groups is 1. The monoisotopic (exact) mass is 298 g/mol. The second kappa shape index (κ2) is 5.14. The molecule has 5 nitrogen and oxygen atoms in total. The summed E-state index contributed by atoms with van der Waals surface area (Å²) < 4.78 is 28.1. The molecule has 0 amide bonds. The van der Waals surface area contributed by atoms with Crippen LogP contribution in [0.5, 0.6) is 11.6 Å². The van der Waals surface area contributed by atoms with E-state index in [1.807, 2.05) is 0 Å². The van der Waals surface area contributed by atoms with Crippen LogP contribution in [0.2, 0.25) is 5.15 Å². The molecule has 0 aliphatic rings. The average molecular weight is 299 g/mol. The lowest BCUT2D eigenvalue weighted by Gasteiger charge is -2.06. The molecule has 0 unspecified atom stereocenters. The first kappa shape index (κ1) is 13.8. The molecule has 0 aliphatic carbocycles. The maximum atomic E-state index is 11.3. The molecule has 2 aromatic rings. The van der Waals surface area contributed by atoms with Gasteiger partial charge in [-0.15, -0.1) is 0 Å². The van der Waals surface area contributed by atoms with Crippen LogP contribution in [0.25, 0.3) is 0 Å². The first-order valence-electron chi connectivity index (χ1n) is 5.34. The van der Waals surface area contributed by atoms with E-state index in [2.05, 4.69) is 9.97 Å². The highest BCUT2D eigenvalue weighted by Crippen LogP contribution is 2.23. The van der Waals surface area contributed by atoms with Crippen LogP contribution in [0.4, 0.5) is 0 Å². The Balaban J connectivity index is 2.24. The van der Waals surface area contributed by atoms with Crippen molar-refractivity contribution in [3.05, 3.63) is 41.3 Å². The standard InChI is InChI=1S/C12H11ClN2O3S/c1-8-14-11(13)7-12(15-8)18-9-3-5-10(6-4-9)19(2,16)17/h3-7H,1-2H3. The molecular formula is C12H11ClN2O3S. The van der Waals surface area contributed by atoms with Gasteiger partial charge >= 0.3 is 0 Å². The normalized spacial score (nSPS) is 11.3. The fraction of sp³-hybridized carbons (Fsp3) is 0.167. The molecule has 0 bridgehead atoms. The number of ether oxygens (including phenoxy) is 1. The van der Waals surface area contributed by atoms with Crippen LogP contribution in [-0.4, -0.2) is 24.6 Å². The Labute approximate surface area is 116 Å². The number of hydrogen-bond donors (Lipinski definition) is 0. The molecule has 1 heterocycles. The zero-order valence-corrected chi connectivity index (χ0v) is 11.9. The van der Waals surface area contributed by atoms with E-state index in [9.17, 15) is 8.42 Å². The molecule has 0 fully saturated rings. The van der Waals surface area contributed by atoms with Crippen LogP contribution in [0, 0.1) is 6.92 Å². The third kappa shape index (κ3) is 3.65. The molecule has 0 radical (unpaired) electrons. The van der Waals surface area contributed by atoms with E-state index < -0.39 is 9.84 Å². The van der Waals surface area contributed by atoms with E-state index in [-0.39, 0.29) is 10.0 Å². The first-order valence-corrected chi connectivity index (χ1v) is 7.61. The summed E-state index contributed by atoms with van der Waals surface area (Å²) in [6.07, 6.45) is 1.15. The van der Waals surface area contributed by atoms with Crippen molar-refractivity contribution < 1.29 is 13.2 Å². The molecule has 100 valence electrons. The van der Waals surface area contributed by atoms with Crippen molar-refractivity contribution in [3.8, 4) is 11.6 Å². The third-order valence-corrected chi connectivity index (χ3v) is 3.58. The highest BCUT2D eigenvalue weighted by molar-refractivity contribution is 7.90. The molecule has 0 N–H and O–H groups in total. The maximum absolute atomic E-state index is 11.3.